The summed E-state index contributed by atoms with van der Waals surface area (Å²) >= 11 is 0. The van der Waals surface area contributed by atoms with E-state index < -0.39 is 14.8 Å². The van der Waals surface area contributed by atoms with Crippen LogP contribution in [-0.2, 0) is 4.79 Å². The summed E-state index contributed by atoms with van der Waals surface area (Å²) in [6, 6.07) is 9.82. The number of benzene rings is 1. The summed E-state index contributed by atoms with van der Waals surface area (Å²) < 4.78 is 0. The summed E-state index contributed by atoms with van der Waals surface area (Å²) in [5, 5.41) is 9.53. The molecule has 0 aliphatic carbocycles. The normalized spacial score (nSPS) is 11.2. The summed E-state index contributed by atoms with van der Waals surface area (Å²) in [6.45, 7) is 2.02. The standard InChI is InChI=1S/C10H10O2Si/c1-13(8-7-10(11)12)9-5-3-2-4-6-9/h2-6,13H,1H3,(H,11,12). The molecule has 0 spiro atoms. The van der Waals surface area contributed by atoms with Crippen LogP contribution in [0.2, 0.25) is 6.55 Å². The van der Waals surface area contributed by atoms with Gasteiger partial charge in [0.25, 0.3) is 0 Å². The number of hydrogen-bond donors (Lipinski definition) is 1. The van der Waals surface area contributed by atoms with E-state index in [1.54, 1.807) is 0 Å². The number of carboxylic acid groups (broad SMARTS) is 1. The molecule has 1 unspecified atom stereocenters. The van der Waals surface area contributed by atoms with Crippen molar-refractivity contribution < 1.29 is 9.90 Å². The molecule has 66 valence electrons. The van der Waals surface area contributed by atoms with E-state index in [0.717, 1.165) is 0 Å². The first kappa shape index (κ1) is 9.55. The van der Waals surface area contributed by atoms with E-state index in [0.29, 0.717) is 0 Å². The van der Waals surface area contributed by atoms with Gasteiger partial charge >= 0.3 is 5.97 Å². The molecule has 2 nitrogen and oxygen atoms in total. The molecule has 0 aromatic heterocycles. The Morgan fingerprint density at radius 1 is 1.38 bits per heavy atom. The fourth-order valence-corrected chi connectivity index (χ4v) is 2.30. The lowest BCUT2D eigenvalue weighted by atomic mass is 10.4. The van der Waals surface area contributed by atoms with Crippen molar-refractivity contribution in [3.05, 3.63) is 30.3 Å². The second-order valence-corrected chi connectivity index (χ2v) is 5.11. The van der Waals surface area contributed by atoms with Gasteiger partial charge in [-0.1, -0.05) is 36.9 Å². The Hall–Kier alpha value is -1.53. The highest BCUT2D eigenvalue weighted by Gasteiger charge is 2.01. The van der Waals surface area contributed by atoms with Crippen molar-refractivity contribution >= 4 is 20.0 Å². The number of aliphatic carboxylic acids is 1. The minimum atomic E-state index is -1.36. The van der Waals surface area contributed by atoms with Crippen molar-refractivity contribution in [2.75, 3.05) is 0 Å². The Morgan fingerprint density at radius 2 is 2.00 bits per heavy atom. The van der Waals surface area contributed by atoms with Gasteiger partial charge in [-0.25, -0.2) is 4.79 Å². The molecule has 0 aliphatic rings. The van der Waals surface area contributed by atoms with Gasteiger partial charge in [0.2, 0.25) is 0 Å². The average molecular weight is 190 g/mol. The Labute approximate surface area is 78.8 Å². The lowest BCUT2D eigenvalue weighted by molar-refractivity contribution is -0.130. The molecule has 0 heterocycles. The molecular weight excluding hydrogens is 180 g/mol. The van der Waals surface area contributed by atoms with Gasteiger partial charge in [-0.3, -0.25) is 0 Å². The van der Waals surface area contributed by atoms with Crippen molar-refractivity contribution in [3.63, 3.8) is 0 Å². The van der Waals surface area contributed by atoms with E-state index in [1.165, 1.54) is 5.19 Å². The van der Waals surface area contributed by atoms with E-state index in [9.17, 15) is 4.79 Å². The Bertz CT molecular complexity index is 348. The Kier molecular flexibility index (Phi) is 3.29. The van der Waals surface area contributed by atoms with Gasteiger partial charge in [0.15, 0.2) is 8.80 Å². The van der Waals surface area contributed by atoms with Gasteiger partial charge in [-0.05, 0) is 5.19 Å². The molecule has 0 saturated carbocycles. The predicted molar refractivity (Wildman–Crippen MR) is 54.5 cm³/mol. The zero-order valence-electron chi connectivity index (χ0n) is 7.32. The van der Waals surface area contributed by atoms with Gasteiger partial charge in [-0.2, -0.15) is 0 Å². The van der Waals surface area contributed by atoms with Crippen LogP contribution in [0.1, 0.15) is 0 Å². The van der Waals surface area contributed by atoms with E-state index in [4.69, 9.17) is 5.11 Å². The highest BCUT2D eigenvalue weighted by atomic mass is 28.3. The highest BCUT2D eigenvalue weighted by molar-refractivity contribution is 6.79. The summed E-state index contributed by atoms with van der Waals surface area (Å²) in [7, 11) is -1.36. The molecule has 1 N–H and O–H groups in total. The maximum atomic E-state index is 10.2. The van der Waals surface area contributed by atoms with Crippen LogP contribution in [0.25, 0.3) is 0 Å². The van der Waals surface area contributed by atoms with Crippen LogP contribution in [0.5, 0.6) is 0 Å². The molecule has 0 fully saturated rings. The van der Waals surface area contributed by atoms with Crippen LogP contribution in [0.4, 0.5) is 0 Å². The fraction of sp³-hybridized carbons (Fsp3) is 0.100. The molecule has 13 heavy (non-hydrogen) atoms. The third-order valence-corrected chi connectivity index (χ3v) is 3.66. The van der Waals surface area contributed by atoms with Gasteiger partial charge in [0.05, 0.1) is 0 Å². The topological polar surface area (TPSA) is 37.3 Å². The smallest absolute Gasteiger partial charge is 0.381 e. The lowest BCUT2D eigenvalue weighted by Crippen LogP contribution is -2.24. The van der Waals surface area contributed by atoms with Crippen molar-refractivity contribution in [3.8, 4) is 11.5 Å². The second-order valence-electron chi connectivity index (χ2n) is 2.71. The SMILES string of the molecule is C[SiH](C#CC(=O)O)c1ccccc1. The lowest BCUT2D eigenvalue weighted by Gasteiger charge is -1.99. The van der Waals surface area contributed by atoms with Gasteiger partial charge in [0, 0.05) is 5.92 Å². The van der Waals surface area contributed by atoms with E-state index in [1.807, 2.05) is 36.9 Å². The zero-order chi connectivity index (χ0) is 9.68. The summed E-state index contributed by atoms with van der Waals surface area (Å²) in [4.78, 5) is 10.2. The molecule has 0 radical (unpaired) electrons. The van der Waals surface area contributed by atoms with Crippen molar-refractivity contribution in [1.82, 2.24) is 0 Å². The van der Waals surface area contributed by atoms with E-state index in [2.05, 4.69) is 11.5 Å². The minimum absolute atomic E-state index is 1.05. The molecule has 0 aliphatic heterocycles. The summed E-state index contributed by atoms with van der Waals surface area (Å²) in [5.41, 5.74) is 2.79. The van der Waals surface area contributed by atoms with Crippen molar-refractivity contribution in [2.24, 2.45) is 0 Å². The van der Waals surface area contributed by atoms with Crippen LogP contribution < -0.4 is 5.19 Å². The molecule has 1 rings (SSSR count). The number of carboxylic acids is 1. The molecular formula is C10H10O2Si. The summed E-state index contributed by atoms with van der Waals surface area (Å²) in [5.74, 6) is 1.13. The largest absolute Gasteiger partial charge is 0.472 e. The zero-order valence-corrected chi connectivity index (χ0v) is 8.47. The third-order valence-electron chi connectivity index (χ3n) is 1.70. The molecule has 0 bridgehead atoms. The van der Waals surface area contributed by atoms with E-state index in [-0.39, 0.29) is 0 Å². The van der Waals surface area contributed by atoms with E-state index >= 15 is 0 Å². The molecule has 0 saturated heterocycles. The fourth-order valence-electron chi connectivity index (χ4n) is 0.995. The Balaban J connectivity index is 2.77. The molecule has 1 aromatic carbocycles. The molecule has 0 amide bonds. The van der Waals surface area contributed by atoms with Gasteiger partial charge < -0.3 is 5.11 Å². The number of rotatable bonds is 1. The average Bonchev–Trinajstić information content (AvgIpc) is 2.15. The first-order valence-corrected chi connectivity index (χ1v) is 6.30. The quantitative estimate of drug-likeness (QED) is 0.513. The highest BCUT2D eigenvalue weighted by Crippen LogP contribution is 1.86. The molecule has 1 aromatic rings. The molecule has 3 heteroatoms. The van der Waals surface area contributed by atoms with Crippen molar-refractivity contribution in [2.45, 2.75) is 6.55 Å². The Morgan fingerprint density at radius 3 is 2.54 bits per heavy atom. The van der Waals surface area contributed by atoms with Crippen LogP contribution in [-0.4, -0.2) is 19.9 Å². The third kappa shape index (κ3) is 3.14. The number of carbonyl (C=O) groups is 1. The first-order valence-electron chi connectivity index (χ1n) is 3.99. The van der Waals surface area contributed by atoms with Crippen LogP contribution in [0.15, 0.2) is 30.3 Å². The van der Waals surface area contributed by atoms with Crippen molar-refractivity contribution in [1.29, 1.82) is 0 Å². The van der Waals surface area contributed by atoms with Crippen LogP contribution in [0, 0.1) is 11.5 Å². The maximum Gasteiger partial charge on any atom is 0.381 e. The maximum absolute atomic E-state index is 10.2. The second kappa shape index (κ2) is 4.48. The van der Waals surface area contributed by atoms with Crippen LogP contribution >= 0.6 is 0 Å². The minimum Gasteiger partial charge on any atom is -0.472 e. The monoisotopic (exact) mass is 190 g/mol. The van der Waals surface area contributed by atoms with Gasteiger partial charge in [-0.15, -0.1) is 5.54 Å². The first-order chi connectivity index (χ1) is 6.20. The number of hydrogen-bond acceptors (Lipinski definition) is 1. The summed E-state index contributed by atoms with van der Waals surface area (Å²) in [6.07, 6.45) is 0. The van der Waals surface area contributed by atoms with Gasteiger partial charge in [0.1, 0.15) is 0 Å². The molecule has 1 atom stereocenters. The predicted octanol–water partition coefficient (Wildman–Crippen LogP) is 0.378. The van der Waals surface area contributed by atoms with Crippen LogP contribution in [0.3, 0.4) is 0 Å².